The molecule has 0 aromatic heterocycles. The molecule has 2 fully saturated rings. The van der Waals surface area contributed by atoms with Crippen molar-refractivity contribution in [1.82, 2.24) is 15.1 Å². The third-order valence-corrected chi connectivity index (χ3v) is 5.19. The first-order chi connectivity index (χ1) is 12.2. The molecule has 1 unspecified atom stereocenters. The molecular formula is C19H29FN4O. The van der Waals surface area contributed by atoms with E-state index in [0.717, 1.165) is 24.6 Å². The van der Waals surface area contributed by atoms with Gasteiger partial charge in [-0.25, -0.2) is 4.39 Å². The van der Waals surface area contributed by atoms with Crippen molar-refractivity contribution < 1.29 is 9.13 Å². The van der Waals surface area contributed by atoms with Crippen LogP contribution in [0, 0.1) is 5.82 Å². The SMILES string of the molecule is CN=C(NCc1ccc(F)c(COC)c1)N1CCC(N2CCCC2)C1. The monoisotopic (exact) mass is 348 g/mol. The Hall–Kier alpha value is -1.66. The number of benzene rings is 1. The highest BCUT2D eigenvalue weighted by Gasteiger charge is 2.30. The Labute approximate surface area is 149 Å². The van der Waals surface area contributed by atoms with E-state index in [4.69, 9.17) is 4.74 Å². The van der Waals surface area contributed by atoms with Crippen LogP contribution in [0.5, 0.6) is 0 Å². The molecule has 0 radical (unpaired) electrons. The van der Waals surface area contributed by atoms with Crippen molar-refractivity contribution in [3.8, 4) is 0 Å². The smallest absolute Gasteiger partial charge is 0.193 e. The first kappa shape index (κ1) is 18.1. The number of hydrogen-bond donors (Lipinski definition) is 1. The van der Waals surface area contributed by atoms with Crippen LogP contribution >= 0.6 is 0 Å². The lowest BCUT2D eigenvalue weighted by atomic mass is 10.1. The average molecular weight is 348 g/mol. The Morgan fingerprint density at radius 3 is 2.84 bits per heavy atom. The summed E-state index contributed by atoms with van der Waals surface area (Å²) in [5.74, 6) is 0.710. The van der Waals surface area contributed by atoms with Crippen LogP contribution in [0.2, 0.25) is 0 Å². The van der Waals surface area contributed by atoms with Gasteiger partial charge in [0.1, 0.15) is 5.82 Å². The second kappa shape index (κ2) is 8.63. The highest BCUT2D eigenvalue weighted by Crippen LogP contribution is 2.20. The molecule has 0 spiro atoms. The topological polar surface area (TPSA) is 40.1 Å². The predicted octanol–water partition coefficient (Wildman–Crippen LogP) is 2.22. The molecule has 3 rings (SSSR count). The Bertz CT molecular complexity index is 601. The van der Waals surface area contributed by atoms with Crippen LogP contribution in [0.3, 0.4) is 0 Å². The summed E-state index contributed by atoms with van der Waals surface area (Å²) in [6.45, 7) is 5.48. The third kappa shape index (κ3) is 4.50. The van der Waals surface area contributed by atoms with Gasteiger partial charge < -0.3 is 15.0 Å². The molecule has 2 heterocycles. The summed E-state index contributed by atoms with van der Waals surface area (Å²) < 4.78 is 18.8. The number of nitrogens with one attached hydrogen (secondary N) is 1. The minimum absolute atomic E-state index is 0.219. The number of guanidine groups is 1. The summed E-state index contributed by atoms with van der Waals surface area (Å²) in [4.78, 5) is 9.39. The maximum atomic E-state index is 13.7. The summed E-state index contributed by atoms with van der Waals surface area (Å²) in [5, 5.41) is 3.42. The van der Waals surface area contributed by atoms with E-state index in [-0.39, 0.29) is 12.4 Å². The van der Waals surface area contributed by atoms with E-state index in [1.807, 2.05) is 19.2 Å². The standard InChI is InChI=1S/C19H29FN4O/c1-21-19(24-10-7-17(13-24)23-8-3-4-9-23)22-12-15-5-6-18(20)16(11-15)14-25-2/h5-6,11,17H,3-4,7-10,12-14H2,1-2H3,(H,21,22). The largest absolute Gasteiger partial charge is 0.380 e. The molecule has 5 nitrogen and oxygen atoms in total. The minimum Gasteiger partial charge on any atom is -0.380 e. The number of rotatable bonds is 5. The lowest BCUT2D eigenvalue weighted by Crippen LogP contribution is -2.42. The van der Waals surface area contributed by atoms with Gasteiger partial charge in [0.15, 0.2) is 5.96 Å². The molecule has 1 aromatic rings. The maximum absolute atomic E-state index is 13.7. The molecule has 0 bridgehead atoms. The highest BCUT2D eigenvalue weighted by atomic mass is 19.1. The third-order valence-electron chi connectivity index (χ3n) is 5.19. The van der Waals surface area contributed by atoms with Crippen molar-refractivity contribution >= 4 is 5.96 Å². The summed E-state index contributed by atoms with van der Waals surface area (Å²) in [5.41, 5.74) is 1.62. The van der Waals surface area contributed by atoms with Gasteiger partial charge >= 0.3 is 0 Å². The first-order valence-electron chi connectivity index (χ1n) is 9.17. The molecular weight excluding hydrogens is 319 g/mol. The fourth-order valence-corrected chi connectivity index (χ4v) is 3.86. The average Bonchev–Trinajstić information content (AvgIpc) is 3.29. The molecule has 0 aliphatic carbocycles. The zero-order valence-corrected chi connectivity index (χ0v) is 15.3. The quantitative estimate of drug-likeness (QED) is 0.654. The number of methoxy groups -OCH3 is 1. The molecule has 2 aliphatic rings. The van der Waals surface area contributed by atoms with E-state index in [9.17, 15) is 4.39 Å². The zero-order chi connectivity index (χ0) is 17.6. The van der Waals surface area contributed by atoms with Gasteiger partial charge in [0.05, 0.1) is 6.61 Å². The van der Waals surface area contributed by atoms with E-state index in [1.165, 1.54) is 38.4 Å². The van der Waals surface area contributed by atoms with Gasteiger partial charge in [-0.1, -0.05) is 6.07 Å². The van der Waals surface area contributed by atoms with Crippen LogP contribution < -0.4 is 5.32 Å². The summed E-state index contributed by atoms with van der Waals surface area (Å²) in [7, 11) is 3.41. The van der Waals surface area contributed by atoms with Crippen LogP contribution in [-0.2, 0) is 17.9 Å². The number of ether oxygens (including phenoxy) is 1. The molecule has 1 atom stereocenters. The lowest BCUT2D eigenvalue weighted by molar-refractivity contribution is 0.181. The van der Waals surface area contributed by atoms with E-state index >= 15 is 0 Å². The predicted molar refractivity (Wildman–Crippen MR) is 98.1 cm³/mol. The molecule has 2 saturated heterocycles. The van der Waals surface area contributed by atoms with Crippen LogP contribution in [0.1, 0.15) is 30.4 Å². The molecule has 6 heteroatoms. The van der Waals surface area contributed by atoms with Gasteiger partial charge in [-0.15, -0.1) is 0 Å². The van der Waals surface area contributed by atoms with Crippen molar-refractivity contribution in [3.05, 3.63) is 35.1 Å². The summed E-state index contributed by atoms with van der Waals surface area (Å²) in [6, 6.07) is 5.83. The first-order valence-corrected chi connectivity index (χ1v) is 9.17. The number of hydrogen-bond acceptors (Lipinski definition) is 3. The van der Waals surface area contributed by atoms with E-state index in [2.05, 4.69) is 20.1 Å². The van der Waals surface area contributed by atoms with Gasteiger partial charge in [-0.3, -0.25) is 9.89 Å². The number of likely N-dealkylation sites (tertiary alicyclic amines) is 2. The molecule has 1 N–H and O–H groups in total. The van der Waals surface area contributed by atoms with E-state index in [0.29, 0.717) is 18.2 Å². The van der Waals surface area contributed by atoms with Gasteiger partial charge in [0.2, 0.25) is 0 Å². The van der Waals surface area contributed by atoms with Crippen LogP contribution in [0.15, 0.2) is 23.2 Å². The highest BCUT2D eigenvalue weighted by molar-refractivity contribution is 5.80. The molecule has 0 amide bonds. The van der Waals surface area contributed by atoms with E-state index in [1.54, 1.807) is 7.11 Å². The zero-order valence-electron chi connectivity index (χ0n) is 15.3. The Morgan fingerprint density at radius 2 is 2.12 bits per heavy atom. The molecule has 138 valence electrons. The van der Waals surface area contributed by atoms with Crippen LogP contribution in [0.4, 0.5) is 4.39 Å². The number of nitrogens with zero attached hydrogens (tertiary/aromatic N) is 3. The van der Waals surface area contributed by atoms with Gasteiger partial charge in [0, 0.05) is 45.4 Å². The maximum Gasteiger partial charge on any atom is 0.193 e. The lowest BCUT2D eigenvalue weighted by Gasteiger charge is -2.25. The Morgan fingerprint density at radius 1 is 1.32 bits per heavy atom. The summed E-state index contributed by atoms with van der Waals surface area (Å²) in [6.07, 6.45) is 3.87. The van der Waals surface area contributed by atoms with Crippen LogP contribution in [-0.4, -0.2) is 62.1 Å². The van der Waals surface area contributed by atoms with Crippen molar-refractivity contribution in [2.45, 2.75) is 38.5 Å². The molecule has 0 saturated carbocycles. The van der Waals surface area contributed by atoms with Gasteiger partial charge in [-0.05, 0) is 50.0 Å². The second-order valence-electron chi connectivity index (χ2n) is 6.89. The van der Waals surface area contributed by atoms with Crippen molar-refractivity contribution in [2.75, 3.05) is 40.3 Å². The van der Waals surface area contributed by atoms with E-state index < -0.39 is 0 Å². The number of halogens is 1. The Kier molecular flexibility index (Phi) is 6.26. The Balaban J connectivity index is 1.55. The molecule has 2 aliphatic heterocycles. The fraction of sp³-hybridized carbons (Fsp3) is 0.632. The van der Waals surface area contributed by atoms with Crippen LogP contribution in [0.25, 0.3) is 0 Å². The number of aliphatic imine (C=N–C) groups is 1. The molecule has 1 aromatic carbocycles. The van der Waals surface area contributed by atoms with Gasteiger partial charge in [0.25, 0.3) is 0 Å². The van der Waals surface area contributed by atoms with Crippen molar-refractivity contribution in [1.29, 1.82) is 0 Å². The molecule has 25 heavy (non-hydrogen) atoms. The van der Waals surface area contributed by atoms with Crippen molar-refractivity contribution in [2.24, 2.45) is 4.99 Å². The fourth-order valence-electron chi connectivity index (χ4n) is 3.86. The summed E-state index contributed by atoms with van der Waals surface area (Å²) >= 11 is 0. The van der Waals surface area contributed by atoms with Crippen molar-refractivity contribution in [3.63, 3.8) is 0 Å². The normalized spacial score (nSPS) is 22.0. The second-order valence-corrected chi connectivity index (χ2v) is 6.89. The van der Waals surface area contributed by atoms with Gasteiger partial charge in [-0.2, -0.15) is 0 Å². The minimum atomic E-state index is -0.219.